The molecule has 0 fully saturated rings. The number of nitrogens with zero attached hydrogens (tertiary/aromatic N) is 2. The van der Waals surface area contributed by atoms with E-state index in [1.807, 2.05) is 0 Å². The molecule has 1 rings (SSSR count). The summed E-state index contributed by atoms with van der Waals surface area (Å²) in [5.41, 5.74) is 0. The molecule has 0 N–H and O–H groups in total. The molecule has 0 aliphatic heterocycles. The fourth-order valence-electron chi connectivity index (χ4n) is 0.357. The summed E-state index contributed by atoms with van der Waals surface area (Å²) >= 11 is 17.3. The summed E-state index contributed by atoms with van der Waals surface area (Å²) in [6.07, 6.45) is 0. The van der Waals surface area contributed by atoms with Gasteiger partial charge in [-0.15, -0.1) is 0 Å². The van der Waals surface area contributed by atoms with E-state index in [0.717, 1.165) is 0 Å². The Morgan fingerprint density at radius 2 is 1.20 bits per heavy atom. The maximum atomic E-state index is 5.53. The molecular weight excluding hydrogens is 307 g/mol. The van der Waals surface area contributed by atoms with E-state index in [1.165, 1.54) is 0 Å². The summed E-state index contributed by atoms with van der Waals surface area (Å²) in [6.45, 7) is 0. The summed E-state index contributed by atoms with van der Waals surface area (Å²) in [5.74, 6) is 0. The van der Waals surface area contributed by atoms with E-state index in [-0.39, 0.29) is 10.3 Å². The van der Waals surface area contributed by atoms with Crippen LogP contribution in [0.1, 0.15) is 0 Å². The smallest absolute Gasteiger partial charge is 0.167 e. The zero-order valence-corrected chi connectivity index (χ0v) is 9.09. The Hall–Kier alpha value is 0.620. The monoisotopic (exact) mass is 304 g/mol. The fourth-order valence-corrected chi connectivity index (χ4v) is 1.35. The first kappa shape index (κ1) is 8.71. The molecule has 1 aromatic heterocycles. The van der Waals surface area contributed by atoms with Crippen molar-refractivity contribution in [2.45, 2.75) is 0 Å². The average Bonchev–Trinajstić information content (AvgIpc) is 1.84. The van der Waals surface area contributed by atoms with Crippen molar-refractivity contribution in [3.8, 4) is 0 Å². The minimum absolute atomic E-state index is 0.191. The predicted molar refractivity (Wildman–Crippen MR) is 47.5 cm³/mol. The molecule has 0 aliphatic rings. The molecule has 1 heterocycles. The Kier molecular flexibility index (Phi) is 2.91. The third kappa shape index (κ3) is 1.81. The molecule has 0 amide bonds. The fraction of sp³-hybridized carbons (Fsp3) is 0. The minimum atomic E-state index is 0.191. The lowest BCUT2D eigenvalue weighted by Gasteiger charge is -1.95. The number of hydrogen-bond donors (Lipinski definition) is 0. The van der Waals surface area contributed by atoms with Crippen LogP contribution in [0.15, 0.2) is 9.21 Å². The Bertz CT molecular complexity index is 215. The highest BCUT2D eigenvalue weighted by Gasteiger charge is 2.05. The van der Waals surface area contributed by atoms with Gasteiger partial charge in [0, 0.05) is 0 Å². The molecule has 0 saturated carbocycles. The molecule has 0 saturated heterocycles. The number of hydrogen-bond acceptors (Lipinski definition) is 2. The van der Waals surface area contributed by atoms with Gasteiger partial charge in [0.2, 0.25) is 0 Å². The van der Waals surface area contributed by atoms with E-state index < -0.39 is 0 Å². The molecule has 10 heavy (non-hydrogen) atoms. The number of halogens is 4. The minimum Gasteiger partial charge on any atom is -0.223 e. The largest absolute Gasteiger partial charge is 0.223 e. The van der Waals surface area contributed by atoms with Crippen molar-refractivity contribution in [1.29, 1.82) is 0 Å². The van der Waals surface area contributed by atoms with Gasteiger partial charge in [-0.1, -0.05) is 23.2 Å². The van der Waals surface area contributed by atoms with Crippen molar-refractivity contribution in [2.24, 2.45) is 0 Å². The Labute approximate surface area is 84.2 Å². The van der Waals surface area contributed by atoms with Gasteiger partial charge >= 0.3 is 0 Å². The van der Waals surface area contributed by atoms with E-state index in [2.05, 4.69) is 41.8 Å². The lowest BCUT2D eigenvalue weighted by atomic mass is 10.8. The molecule has 0 atom stereocenters. The standard InChI is InChI=1S/C4Br2Cl2N2/c5-1-2(6)10-4(8)3(7)9-1. The molecule has 1 aromatic rings. The molecule has 0 aliphatic carbocycles. The van der Waals surface area contributed by atoms with E-state index in [0.29, 0.717) is 9.21 Å². The molecule has 6 heteroatoms. The highest BCUT2D eigenvalue weighted by Crippen LogP contribution is 2.25. The van der Waals surface area contributed by atoms with Gasteiger partial charge in [-0.05, 0) is 31.9 Å². The third-order valence-electron chi connectivity index (χ3n) is 0.733. The quantitative estimate of drug-likeness (QED) is 0.735. The van der Waals surface area contributed by atoms with Crippen LogP contribution in [0.5, 0.6) is 0 Å². The Balaban J connectivity index is 3.28. The molecular formula is C4Br2Cl2N2. The van der Waals surface area contributed by atoms with Crippen molar-refractivity contribution in [2.75, 3.05) is 0 Å². The Morgan fingerprint density at radius 1 is 0.900 bits per heavy atom. The van der Waals surface area contributed by atoms with Crippen LogP contribution in [0.3, 0.4) is 0 Å². The van der Waals surface area contributed by atoms with Crippen LogP contribution < -0.4 is 0 Å². The summed E-state index contributed by atoms with van der Waals surface area (Å²) < 4.78 is 1.09. The maximum Gasteiger partial charge on any atom is 0.167 e. The van der Waals surface area contributed by atoms with Crippen LogP contribution in [0.25, 0.3) is 0 Å². The first-order valence-corrected chi connectivity index (χ1v) is 4.49. The first-order chi connectivity index (χ1) is 4.61. The second kappa shape index (κ2) is 3.34. The van der Waals surface area contributed by atoms with Crippen molar-refractivity contribution < 1.29 is 0 Å². The summed E-state index contributed by atoms with van der Waals surface area (Å²) in [4.78, 5) is 7.63. The zero-order chi connectivity index (χ0) is 7.72. The van der Waals surface area contributed by atoms with Gasteiger partial charge in [0.1, 0.15) is 9.21 Å². The highest BCUT2D eigenvalue weighted by atomic mass is 79.9. The third-order valence-corrected chi connectivity index (χ3v) is 2.99. The maximum absolute atomic E-state index is 5.53. The van der Waals surface area contributed by atoms with Gasteiger partial charge in [-0.25, -0.2) is 9.97 Å². The van der Waals surface area contributed by atoms with Gasteiger partial charge in [-0.3, -0.25) is 0 Å². The van der Waals surface area contributed by atoms with Crippen molar-refractivity contribution in [3.05, 3.63) is 19.5 Å². The second-order valence-electron chi connectivity index (χ2n) is 1.39. The Morgan fingerprint density at radius 3 is 1.50 bits per heavy atom. The van der Waals surface area contributed by atoms with Gasteiger partial charge in [0.25, 0.3) is 0 Å². The molecule has 0 radical (unpaired) electrons. The molecule has 2 nitrogen and oxygen atoms in total. The van der Waals surface area contributed by atoms with Crippen molar-refractivity contribution >= 4 is 55.1 Å². The number of aromatic nitrogens is 2. The number of rotatable bonds is 0. The van der Waals surface area contributed by atoms with E-state index in [9.17, 15) is 0 Å². The predicted octanol–water partition coefficient (Wildman–Crippen LogP) is 3.31. The summed E-state index contributed by atoms with van der Waals surface area (Å²) in [7, 11) is 0. The summed E-state index contributed by atoms with van der Waals surface area (Å²) in [5, 5.41) is 0.383. The zero-order valence-electron chi connectivity index (χ0n) is 4.41. The van der Waals surface area contributed by atoms with Crippen LogP contribution in [0.2, 0.25) is 10.3 Å². The van der Waals surface area contributed by atoms with Crippen LogP contribution in [-0.4, -0.2) is 9.97 Å². The van der Waals surface area contributed by atoms with Gasteiger partial charge in [0.05, 0.1) is 0 Å². The second-order valence-corrected chi connectivity index (χ2v) is 3.61. The van der Waals surface area contributed by atoms with Gasteiger partial charge in [-0.2, -0.15) is 0 Å². The average molecular weight is 307 g/mol. The lowest BCUT2D eigenvalue weighted by Crippen LogP contribution is -1.85. The highest BCUT2D eigenvalue weighted by molar-refractivity contribution is 9.13. The first-order valence-electron chi connectivity index (χ1n) is 2.15. The lowest BCUT2D eigenvalue weighted by molar-refractivity contribution is 1.13. The van der Waals surface area contributed by atoms with Gasteiger partial charge in [0.15, 0.2) is 10.3 Å². The van der Waals surface area contributed by atoms with Crippen LogP contribution in [0, 0.1) is 0 Å². The molecule has 0 bridgehead atoms. The van der Waals surface area contributed by atoms with Crippen molar-refractivity contribution in [1.82, 2.24) is 9.97 Å². The molecule has 0 spiro atoms. The van der Waals surface area contributed by atoms with Crippen LogP contribution >= 0.6 is 55.1 Å². The van der Waals surface area contributed by atoms with Crippen molar-refractivity contribution in [3.63, 3.8) is 0 Å². The van der Waals surface area contributed by atoms with E-state index in [4.69, 9.17) is 23.2 Å². The SMILES string of the molecule is Clc1nc(Br)c(Br)nc1Cl. The molecule has 0 aromatic carbocycles. The van der Waals surface area contributed by atoms with Gasteiger partial charge < -0.3 is 0 Å². The summed E-state index contributed by atoms with van der Waals surface area (Å²) in [6, 6.07) is 0. The molecule has 0 unspecified atom stereocenters. The normalized spacial score (nSPS) is 10.0. The van der Waals surface area contributed by atoms with Crippen LogP contribution in [0.4, 0.5) is 0 Å². The van der Waals surface area contributed by atoms with E-state index in [1.54, 1.807) is 0 Å². The van der Waals surface area contributed by atoms with Crippen LogP contribution in [-0.2, 0) is 0 Å². The topological polar surface area (TPSA) is 25.8 Å². The molecule has 54 valence electrons. The van der Waals surface area contributed by atoms with E-state index >= 15 is 0 Å².